The number of nitrogens with one attached hydrogen (secondary N) is 1. The molecule has 17 heavy (non-hydrogen) atoms. The van der Waals surface area contributed by atoms with Crippen LogP contribution < -0.4 is 5.32 Å². The van der Waals surface area contributed by atoms with Gasteiger partial charge in [-0.1, -0.05) is 6.92 Å². The summed E-state index contributed by atoms with van der Waals surface area (Å²) in [6, 6.07) is 2.55. The predicted molar refractivity (Wildman–Crippen MR) is 75.8 cm³/mol. The molecule has 0 spiro atoms. The van der Waals surface area contributed by atoms with E-state index < -0.39 is 0 Å². The third-order valence-corrected chi connectivity index (χ3v) is 4.62. The van der Waals surface area contributed by atoms with Crippen LogP contribution in [-0.2, 0) is 13.0 Å². The summed E-state index contributed by atoms with van der Waals surface area (Å²) >= 11 is 3.55. The Morgan fingerprint density at radius 1 is 1.41 bits per heavy atom. The summed E-state index contributed by atoms with van der Waals surface area (Å²) in [7, 11) is 0. The average Bonchev–Trinajstić information content (AvgIpc) is 2.94. The van der Waals surface area contributed by atoms with Gasteiger partial charge < -0.3 is 5.32 Å². The van der Waals surface area contributed by atoms with Gasteiger partial charge in [0.15, 0.2) is 0 Å². The summed E-state index contributed by atoms with van der Waals surface area (Å²) in [6.45, 7) is 7.38. The maximum atomic E-state index is 4.51. The predicted octanol–water partition coefficient (Wildman–Crippen LogP) is 3.93. The van der Waals surface area contributed by atoms with Crippen molar-refractivity contribution in [1.82, 2.24) is 10.3 Å². The molecule has 0 aliphatic heterocycles. The highest BCUT2D eigenvalue weighted by Crippen LogP contribution is 2.20. The molecule has 0 aliphatic carbocycles. The van der Waals surface area contributed by atoms with Gasteiger partial charge in [0.1, 0.15) is 0 Å². The molecule has 2 aromatic rings. The van der Waals surface area contributed by atoms with E-state index in [-0.39, 0.29) is 0 Å². The zero-order valence-corrected chi connectivity index (χ0v) is 12.1. The third-order valence-electron chi connectivity index (χ3n) is 2.87. The van der Waals surface area contributed by atoms with E-state index in [1.54, 1.807) is 11.3 Å². The highest BCUT2D eigenvalue weighted by atomic mass is 32.1. The van der Waals surface area contributed by atoms with Gasteiger partial charge in [0.05, 0.1) is 10.7 Å². The van der Waals surface area contributed by atoms with E-state index >= 15 is 0 Å². The Balaban J connectivity index is 1.94. The van der Waals surface area contributed by atoms with Crippen molar-refractivity contribution in [2.24, 2.45) is 0 Å². The number of hydrogen-bond acceptors (Lipinski definition) is 4. The molecule has 2 nitrogen and oxygen atoms in total. The van der Waals surface area contributed by atoms with Crippen LogP contribution in [0.15, 0.2) is 16.8 Å². The maximum absolute atomic E-state index is 4.51. The van der Waals surface area contributed by atoms with E-state index in [1.807, 2.05) is 11.3 Å². The van der Waals surface area contributed by atoms with Crippen molar-refractivity contribution in [3.63, 3.8) is 0 Å². The van der Waals surface area contributed by atoms with Gasteiger partial charge in [-0.3, -0.25) is 0 Å². The van der Waals surface area contributed by atoms with Crippen LogP contribution in [0.25, 0.3) is 0 Å². The average molecular weight is 266 g/mol. The number of rotatable bonds is 5. The first-order chi connectivity index (χ1) is 8.20. The fourth-order valence-electron chi connectivity index (χ4n) is 1.77. The summed E-state index contributed by atoms with van der Waals surface area (Å²) in [4.78, 5) is 5.96. The van der Waals surface area contributed by atoms with Crippen molar-refractivity contribution >= 4 is 22.7 Å². The molecule has 2 aromatic heterocycles. The molecule has 0 fully saturated rings. The van der Waals surface area contributed by atoms with Crippen LogP contribution in [0.5, 0.6) is 0 Å². The summed E-state index contributed by atoms with van der Waals surface area (Å²) in [5.74, 6) is 0. The van der Waals surface area contributed by atoms with E-state index in [0.29, 0.717) is 6.04 Å². The summed E-state index contributed by atoms with van der Waals surface area (Å²) in [5.41, 5.74) is 2.62. The van der Waals surface area contributed by atoms with Crippen LogP contribution in [0.4, 0.5) is 0 Å². The summed E-state index contributed by atoms with van der Waals surface area (Å²) in [5, 5.41) is 9.00. The van der Waals surface area contributed by atoms with Gasteiger partial charge in [0.2, 0.25) is 0 Å². The lowest BCUT2D eigenvalue weighted by Crippen LogP contribution is -2.18. The van der Waals surface area contributed by atoms with Gasteiger partial charge in [0.25, 0.3) is 0 Å². The van der Waals surface area contributed by atoms with E-state index in [2.05, 4.69) is 47.9 Å². The Morgan fingerprint density at radius 2 is 2.24 bits per heavy atom. The second-order valence-electron chi connectivity index (χ2n) is 4.12. The molecule has 0 radical (unpaired) electrons. The summed E-state index contributed by atoms with van der Waals surface area (Å²) < 4.78 is 0. The van der Waals surface area contributed by atoms with Crippen molar-refractivity contribution in [3.05, 3.63) is 38.0 Å². The second kappa shape index (κ2) is 5.76. The second-order valence-corrected chi connectivity index (χ2v) is 6.18. The first kappa shape index (κ1) is 12.7. The monoisotopic (exact) mass is 266 g/mol. The van der Waals surface area contributed by atoms with Crippen LogP contribution in [0.2, 0.25) is 0 Å². The zero-order valence-electron chi connectivity index (χ0n) is 10.5. The molecule has 1 unspecified atom stereocenters. The standard InChI is InChI=1S/C13H18N2S2/c1-4-11-5-6-16-13(11)7-14-9(2)12-8-17-10(3)15-12/h5-6,8-9,14H,4,7H2,1-3H3. The van der Waals surface area contributed by atoms with Crippen molar-refractivity contribution in [1.29, 1.82) is 0 Å². The lowest BCUT2D eigenvalue weighted by molar-refractivity contribution is 0.565. The molecule has 0 bridgehead atoms. The highest BCUT2D eigenvalue weighted by Gasteiger charge is 2.09. The molecule has 0 saturated carbocycles. The molecule has 1 atom stereocenters. The fourth-order valence-corrected chi connectivity index (χ4v) is 3.40. The molecule has 0 aliphatic rings. The van der Waals surface area contributed by atoms with Gasteiger partial charge in [-0.15, -0.1) is 22.7 Å². The van der Waals surface area contributed by atoms with Crippen LogP contribution in [-0.4, -0.2) is 4.98 Å². The fraction of sp³-hybridized carbons (Fsp3) is 0.462. The third kappa shape index (κ3) is 3.15. The van der Waals surface area contributed by atoms with Gasteiger partial charge in [-0.2, -0.15) is 0 Å². The van der Waals surface area contributed by atoms with Crippen LogP contribution >= 0.6 is 22.7 Å². The first-order valence-corrected chi connectivity index (χ1v) is 7.67. The largest absolute Gasteiger partial charge is 0.304 e. The Hall–Kier alpha value is -0.710. The number of thiophene rings is 1. The molecule has 0 amide bonds. The molecular weight excluding hydrogens is 248 g/mol. The smallest absolute Gasteiger partial charge is 0.0898 e. The van der Waals surface area contributed by atoms with Crippen LogP contribution in [0.1, 0.15) is 41.0 Å². The number of hydrogen-bond donors (Lipinski definition) is 1. The van der Waals surface area contributed by atoms with Crippen molar-refractivity contribution < 1.29 is 0 Å². The number of aromatic nitrogens is 1. The normalized spacial score (nSPS) is 12.9. The molecule has 0 aromatic carbocycles. The van der Waals surface area contributed by atoms with E-state index in [0.717, 1.165) is 23.7 Å². The lowest BCUT2D eigenvalue weighted by Gasteiger charge is -2.11. The Bertz CT molecular complexity index is 473. The van der Waals surface area contributed by atoms with E-state index in [4.69, 9.17) is 0 Å². The van der Waals surface area contributed by atoms with Crippen molar-refractivity contribution in [2.45, 2.75) is 39.8 Å². The van der Waals surface area contributed by atoms with Crippen LogP contribution in [0, 0.1) is 6.92 Å². The first-order valence-electron chi connectivity index (χ1n) is 5.91. The molecule has 2 rings (SSSR count). The molecule has 4 heteroatoms. The molecule has 0 saturated heterocycles. The van der Waals surface area contributed by atoms with E-state index in [1.165, 1.54) is 10.4 Å². The lowest BCUT2D eigenvalue weighted by atomic mass is 10.2. The number of thiazole rings is 1. The summed E-state index contributed by atoms with van der Waals surface area (Å²) in [6.07, 6.45) is 1.12. The molecular formula is C13H18N2S2. The topological polar surface area (TPSA) is 24.9 Å². The molecule has 2 heterocycles. The minimum absolute atomic E-state index is 0.326. The van der Waals surface area contributed by atoms with Gasteiger partial charge in [-0.05, 0) is 37.3 Å². The van der Waals surface area contributed by atoms with Gasteiger partial charge in [0, 0.05) is 22.8 Å². The quantitative estimate of drug-likeness (QED) is 0.887. The van der Waals surface area contributed by atoms with Crippen molar-refractivity contribution in [2.75, 3.05) is 0 Å². The van der Waals surface area contributed by atoms with Crippen molar-refractivity contribution in [3.8, 4) is 0 Å². The maximum Gasteiger partial charge on any atom is 0.0898 e. The minimum atomic E-state index is 0.326. The Morgan fingerprint density at radius 3 is 2.88 bits per heavy atom. The molecule has 1 N–H and O–H groups in total. The number of aryl methyl sites for hydroxylation is 2. The van der Waals surface area contributed by atoms with Gasteiger partial charge in [-0.25, -0.2) is 4.98 Å². The van der Waals surface area contributed by atoms with Gasteiger partial charge >= 0.3 is 0 Å². The molecule has 92 valence electrons. The highest BCUT2D eigenvalue weighted by molar-refractivity contribution is 7.10. The zero-order chi connectivity index (χ0) is 12.3. The Kier molecular flexibility index (Phi) is 4.31. The Labute approximate surface area is 111 Å². The van der Waals surface area contributed by atoms with E-state index in [9.17, 15) is 0 Å². The van der Waals surface area contributed by atoms with Crippen LogP contribution in [0.3, 0.4) is 0 Å². The number of nitrogens with zero attached hydrogens (tertiary/aromatic N) is 1. The minimum Gasteiger partial charge on any atom is -0.304 e. The SMILES string of the molecule is CCc1ccsc1CNC(C)c1csc(C)n1.